The molecule has 1 aliphatic heterocycles. The van der Waals surface area contributed by atoms with E-state index in [2.05, 4.69) is 4.90 Å². The van der Waals surface area contributed by atoms with Crippen molar-refractivity contribution in [1.82, 2.24) is 4.90 Å². The molecule has 3 aromatic rings. The molecule has 0 aliphatic carbocycles. The summed E-state index contributed by atoms with van der Waals surface area (Å²) in [5, 5.41) is 1.63. The Balaban J connectivity index is 1.52. The first-order valence-corrected chi connectivity index (χ1v) is 12.7. The Morgan fingerprint density at radius 3 is 2.39 bits per heavy atom. The second-order valence-corrected chi connectivity index (χ2v) is 10.5. The second kappa shape index (κ2) is 9.80. The summed E-state index contributed by atoms with van der Waals surface area (Å²) < 4.78 is 47.4. The van der Waals surface area contributed by atoms with E-state index in [9.17, 15) is 17.6 Å². The van der Waals surface area contributed by atoms with Gasteiger partial charge >= 0.3 is 0 Å². The molecule has 33 heavy (non-hydrogen) atoms. The van der Waals surface area contributed by atoms with Gasteiger partial charge in [0.2, 0.25) is 5.91 Å². The van der Waals surface area contributed by atoms with Crippen molar-refractivity contribution in [2.45, 2.75) is 4.21 Å². The normalized spacial score (nSPS) is 14.2. The average Bonchev–Trinajstić information content (AvgIpc) is 3.39. The first kappa shape index (κ1) is 23.1. The summed E-state index contributed by atoms with van der Waals surface area (Å²) in [6.45, 7) is 1.50. The predicted octanol–water partition coefficient (Wildman–Crippen LogP) is 3.44. The number of amides is 1. The van der Waals surface area contributed by atoms with Crippen LogP contribution in [-0.2, 0) is 14.8 Å². The molecule has 1 saturated heterocycles. The van der Waals surface area contributed by atoms with E-state index in [1.54, 1.807) is 29.5 Å². The van der Waals surface area contributed by atoms with E-state index < -0.39 is 22.4 Å². The van der Waals surface area contributed by atoms with E-state index in [1.807, 2.05) is 24.3 Å². The standard InChI is InChI=1S/C23H24FN3O4S2/c1-31-21-10-5-4-9-20(21)25-12-14-26(15-13-25)22(28)17-27(19-8-3-2-7-18(19)24)33(29,30)23-11-6-16-32-23/h2-11,16H,12-15,17H2,1H3. The molecular formula is C23H24FN3O4S2. The third-order valence-corrected chi connectivity index (χ3v) is 8.63. The van der Waals surface area contributed by atoms with Gasteiger partial charge in [-0.1, -0.05) is 30.3 Å². The molecule has 10 heteroatoms. The van der Waals surface area contributed by atoms with Gasteiger partial charge < -0.3 is 14.5 Å². The summed E-state index contributed by atoms with van der Waals surface area (Å²) in [6, 6.07) is 16.3. The maximum Gasteiger partial charge on any atom is 0.274 e. The largest absolute Gasteiger partial charge is 0.495 e. The summed E-state index contributed by atoms with van der Waals surface area (Å²) in [6.07, 6.45) is 0. The van der Waals surface area contributed by atoms with Crippen molar-refractivity contribution in [2.75, 3.05) is 49.0 Å². The van der Waals surface area contributed by atoms with Crippen molar-refractivity contribution in [3.05, 3.63) is 71.9 Å². The number of hydrogen-bond acceptors (Lipinski definition) is 6. The molecule has 0 spiro atoms. The molecule has 0 atom stereocenters. The highest BCUT2D eigenvalue weighted by atomic mass is 32.2. The summed E-state index contributed by atoms with van der Waals surface area (Å²) in [5.41, 5.74) is 0.798. The minimum Gasteiger partial charge on any atom is -0.495 e. The zero-order chi connectivity index (χ0) is 23.4. The number of rotatable bonds is 7. The van der Waals surface area contributed by atoms with Crippen LogP contribution in [0.2, 0.25) is 0 Å². The van der Waals surface area contributed by atoms with E-state index in [0.717, 1.165) is 27.1 Å². The molecule has 4 rings (SSSR count). The summed E-state index contributed by atoms with van der Waals surface area (Å²) in [5.74, 6) is -0.325. The van der Waals surface area contributed by atoms with Crippen molar-refractivity contribution < 1.29 is 22.3 Å². The lowest BCUT2D eigenvalue weighted by molar-refractivity contribution is -0.129. The number of anilines is 2. The smallest absolute Gasteiger partial charge is 0.274 e. The van der Waals surface area contributed by atoms with Crippen LogP contribution in [0.5, 0.6) is 5.75 Å². The molecule has 0 saturated carbocycles. The van der Waals surface area contributed by atoms with E-state index >= 15 is 0 Å². The van der Waals surface area contributed by atoms with E-state index in [1.165, 1.54) is 24.3 Å². The Kier molecular flexibility index (Phi) is 6.85. The number of nitrogens with zero attached hydrogens (tertiary/aromatic N) is 3. The van der Waals surface area contributed by atoms with Gasteiger partial charge in [0.1, 0.15) is 22.3 Å². The number of para-hydroxylation sites is 3. The Labute approximate surface area is 196 Å². The van der Waals surface area contributed by atoms with Gasteiger partial charge in [-0.25, -0.2) is 12.8 Å². The number of piperazine rings is 1. The fourth-order valence-corrected chi connectivity index (χ4v) is 6.31. The lowest BCUT2D eigenvalue weighted by Crippen LogP contribution is -2.52. The van der Waals surface area contributed by atoms with Gasteiger partial charge in [-0.2, -0.15) is 0 Å². The first-order chi connectivity index (χ1) is 15.9. The van der Waals surface area contributed by atoms with Crippen LogP contribution in [0.1, 0.15) is 0 Å². The fourth-order valence-electron chi connectivity index (χ4n) is 3.78. The molecule has 1 amide bonds. The molecule has 0 N–H and O–H groups in total. The molecule has 0 bridgehead atoms. The molecule has 2 aromatic carbocycles. The van der Waals surface area contributed by atoms with Crippen LogP contribution in [0, 0.1) is 5.82 Å². The van der Waals surface area contributed by atoms with Gasteiger partial charge in [0.05, 0.1) is 18.5 Å². The van der Waals surface area contributed by atoms with Gasteiger partial charge in [-0.15, -0.1) is 11.3 Å². The number of benzene rings is 2. The Bertz CT molecular complexity index is 1210. The Morgan fingerprint density at radius 2 is 1.73 bits per heavy atom. The SMILES string of the molecule is COc1ccccc1N1CCN(C(=O)CN(c2ccccc2F)S(=O)(=O)c2cccs2)CC1. The van der Waals surface area contributed by atoms with Crippen LogP contribution in [0.25, 0.3) is 0 Å². The number of sulfonamides is 1. The summed E-state index contributed by atoms with van der Waals surface area (Å²) in [4.78, 5) is 16.9. The van der Waals surface area contributed by atoms with Crippen molar-refractivity contribution >= 4 is 38.6 Å². The number of methoxy groups -OCH3 is 1. The molecule has 0 unspecified atom stereocenters. The lowest BCUT2D eigenvalue weighted by atomic mass is 10.2. The van der Waals surface area contributed by atoms with Gasteiger partial charge in [0.25, 0.3) is 10.0 Å². The van der Waals surface area contributed by atoms with Crippen LogP contribution in [0.3, 0.4) is 0 Å². The van der Waals surface area contributed by atoms with Gasteiger partial charge in [0.15, 0.2) is 0 Å². The van der Waals surface area contributed by atoms with E-state index in [-0.39, 0.29) is 15.8 Å². The van der Waals surface area contributed by atoms with Crippen LogP contribution in [-0.4, -0.2) is 59.1 Å². The van der Waals surface area contributed by atoms with Gasteiger partial charge in [0, 0.05) is 26.2 Å². The molecule has 174 valence electrons. The number of thiophene rings is 1. The highest BCUT2D eigenvalue weighted by Gasteiger charge is 2.32. The topological polar surface area (TPSA) is 70.2 Å². The summed E-state index contributed by atoms with van der Waals surface area (Å²) >= 11 is 1.03. The second-order valence-electron chi connectivity index (χ2n) is 7.43. The monoisotopic (exact) mass is 489 g/mol. The molecule has 7 nitrogen and oxygen atoms in total. The molecule has 1 aliphatic rings. The Morgan fingerprint density at radius 1 is 1.03 bits per heavy atom. The zero-order valence-electron chi connectivity index (χ0n) is 18.1. The highest BCUT2D eigenvalue weighted by Crippen LogP contribution is 2.30. The molecule has 1 fully saturated rings. The highest BCUT2D eigenvalue weighted by molar-refractivity contribution is 7.94. The number of ether oxygens (including phenoxy) is 1. The van der Waals surface area contributed by atoms with E-state index in [4.69, 9.17) is 4.74 Å². The van der Waals surface area contributed by atoms with Crippen molar-refractivity contribution in [2.24, 2.45) is 0 Å². The van der Waals surface area contributed by atoms with Crippen molar-refractivity contribution in [3.8, 4) is 5.75 Å². The molecule has 1 aromatic heterocycles. The molecular weight excluding hydrogens is 465 g/mol. The van der Waals surface area contributed by atoms with Crippen LogP contribution >= 0.6 is 11.3 Å². The number of carbonyl (C=O) groups is 1. The number of halogens is 1. The third-order valence-electron chi connectivity index (χ3n) is 5.50. The van der Waals surface area contributed by atoms with Crippen molar-refractivity contribution in [3.63, 3.8) is 0 Å². The maximum atomic E-state index is 14.6. The fraction of sp³-hybridized carbons (Fsp3) is 0.261. The third kappa shape index (κ3) is 4.81. The lowest BCUT2D eigenvalue weighted by Gasteiger charge is -2.37. The van der Waals surface area contributed by atoms with Crippen LogP contribution < -0.4 is 13.9 Å². The van der Waals surface area contributed by atoms with E-state index in [0.29, 0.717) is 26.2 Å². The minimum absolute atomic E-state index is 0.0551. The van der Waals surface area contributed by atoms with Crippen LogP contribution in [0.4, 0.5) is 15.8 Å². The van der Waals surface area contributed by atoms with Gasteiger partial charge in [-0.3, -0.25) is 9.10 Å². The zero-order valence-corrected chi connectivity index (χ0v) is 19.7. The minimum atomic E-state index is -4.09. The first-order valence-electron chi connectivity index (χ1n) is 10.4. The average molecular weight is 490 g/mol. The number of carbonyl (C=O) groups excluding carboxylic acids is 1. The van der Waals surface area contributed by atoms with Crippen LogP contribution in [0.15, 0.2) is 70.3 Å². The maximum absolute atomic E-state index is 14.6. The number of hydrogen-bond donors (Lipinski definition) is 0. The predicted molar refractivity (Wildman–Crippen MR) is 127 cm³/mol. The molecule has 2 heterocycles. The summed E-state index contributed by atoms with van der Waals surface area (Å²) in [7, 11) is -2.48. The molecule has 0 radical (unpaired) electrons. The Hall–Kier alpha value is -3.11. The van der Waals surface area contributed by atoms with Gasteiger partial charge in [-0.05, 0) is 35.7 Å². The van der Waals surface area contributed by atoms with Crippen molar-refractivity contribution in [1.29, 1.82) is 0 Å². The quantitative estimate of drug-likeness (QED) is 0.509.